The zero-order valence-corrected chi connectivity index (χ0v) is 19.3. The highest BCUT2D eigenvalue weighted by molar-refractivity contribution is 7.92. The Labute approximate surface area is 186 Å². The number of aromatic nitrogens is 1. The van der Waals surface area contributed by atoms with Crippen LogP contribution in [0.5, 0.6) is 0 Å². The van der Waals surface area contributed by atoms with Crippen LogP contribution in [0.3, 0.4) is 0 Å². The summed E-state index contributed by atoms with van der Waals surface area (Å²) < 4.78 is 23.3. The van der Waals surface area contributed by atoms with E-state index in [2.05, 4.69) is 20.5 Å². The predicted octanol–water partition coefficient (Wildman–Crippen LogP) is 2.09. The molecule has 3 heterocycles. The maximum absolute atomic E-state index is 12.7. The van der Waals surface area contributed by atoms with Crippen molar-refractivity contribution in [2.24, 2.45) is 0 Å². The van der Waals surface area contributed by atoms with Crippen molar-refractivity contribution in [3.05, 3.63) is 23.9 Å². The van der Waals surface area contributed by atoms with E-state index in [1.165, 1.54) is 25.7 Å². The summed E-state index contributed by atoms with van der Waals surface area (Å²) in [6.45, 7) is 3.43. The normalized spacial score (nSPS) is 19.3. The Bertz CT molecular complexity index is 745. The molecule has 10 heteroatoms. The molecule has 166 valence electrons. The summed E-state index contributed by atoms with van der Waals surface area (Å²) in [6.07, 6.45) is 8.50. The third kappa shape index (κ3) is 6.20. The van der Waals surface area contributed by atoms with Crippen LogP contribution in [0.1, 0.15) is 44.1 Å². The van der Waals surface area contributed by atoms with Gasteiger partial charge in [0.05, 0.1) is 0 Å². The molecule has 0 aromatic carbocycles. The quantitative estimate of drug-likeness (QED) is 0.689. The molecule has 1 aromatic rings. The Morgan fingerprint density at radius 3 is 2.28 bits per heavy atom. The van der Waals surface area contributed by atoms with Crippen molar-refractivity contribution in [3.63, 3.8) is 0 Å². The van der Waals surface area contributed by atoms with E-state index in [0.717, 1.165) is 30.7 Å². The second-order valence-corrected chi connectivity index (χ2v) is 9.95. The number of piperidine rings is 1. The molecular weight excluding hydrogens is 435 g/mol. The summed E-state index contributed by atoms with van der Waals surface area (Å²) in [4.78, 5) is 19.6. The van der Waals surface area contributed by atoms with Crippen molar-refractivity contribution in [1.82, 2.24) is 15.6 Å². The summed E-state index contributed by atoms with van der Waals surface area (Å²) in [6, 6.07) is 3.95. The zero-order chi connectivity index (χ0) is 19.3. The number of rotatable bonds is 5. The first-order valence-electron chi connectivity index (χ1n) is 9.81. The number of nitrogens with one attached hydrogen (secondary N) is 2. The van der Waals surface area contributed by atoms with E-state index in [0.29, 0.717) is 25.9 Å². The van der Waals surface area contributed by atoms with Gasteiger partial charge in [-0.3, -0.25) is 4.79 Å². The lowest BCUT2D eigenvalue weighted by Crippen LogP contribution is -2.57. The van der Waals surface area contributed by atoms with Crippen LogP contribution in [-0.2, 0) is 21.2 Å². The van der Waals surface area contributed by atoms with Crippen LogP contribution in [-0.4, -0.2) is 56.5 Å². The largest absolute Gasteiger partial charge is 0.357 e. The van der Waals surface area contributed by atoms with E-state index in [1.807, 2.05) is 12.1 Å². The molecule has 2 fully saturated rings. The molecule has 29 heavy (non-hydrogen) atoms. The molecule has 0 atom stereocenters. The van der Waals surface area contributed by atoms with E-state index < -0.39 is 20.5 Å². The Morgan fingerprint density at radius 2 is 1.76 bits per heavy atom. The van der Waals surface area contributed by atoms with Crippen molar-refractivity contribution in [2.75, 3.05) is 37.3 Å². The van der Waals surface area contributed by atoms with Gasteiger partial charge in [-0.05, 0) is 50.4 Å². The molecule has 0 saturated carbocycles. The van der Waals surface area contributed by atoms with Gasteiger partial charge in [0.25, 0.3) is 0 Å². The molecule has 1 amide bonds. The summed E-state index contributed by atoms with van der Waals surface area (Å²) >= 11 is 0. The maximum Gasteiger partial charge on any atom is 0.241 e. The number of anilines is 1. The average Bonchev–Trinajstić information content (AvgIpc) is 2.96. The van der Waals surface area contributed by atoms with Crippen molar-refractivity contribution in [3.8, 4) is 0 Å². The molecule has 0 spiro atoms. The molecule has 1 aromatic heterocycles. The maximum atomic E-state index is 12.7. The molecule has 0 bridgehead atoms. The van der Waals surface area contributed by atoms with Gasteiger partial charge in [0, 0.05) is 32.1 Å². The van der Waals surface area contributed by atoms with Gasteiger partial charge in [-0.15, -0.1) is 24.8 Å². The van der Waals surface area contributed by atoms with Crippen LogP contribution in [0.15, 0.2) is 18.3 Å². The smallest absolute Gasteiger partial charge is 0.241 e. The lowest BCUT2D eigenvalue weighted by atomic mass is 9.96. The number of hydrogen-bond acceptors (Lipinski definition) is 6. The number of pyridine rings is 1. The zero-order valence-electron chi connectivity index (χ0n) is 16.9. The highest BCUT2D eigenvalue weighted by atomic mass is 35.5. The molecule has 2 aliphatic rings. The number of hydrogen-bond donors (Lipinski definition) is 2. The first-order chi connectivity index (χ1) is 12.9. The van der Waals surface area contributed by atoms with Crippen LogP contribution in [0.25, 0.3) is 0 Å². The van der Waals surface area contributed by atoms with Crippen LogP contribution in [0.2, 0.25) is 0 Å². The van der Waals surface area contributed by atoms with Gasteiger partial charge in [0.2, 0.25) is 5.91 Å². The highest BCUT2D eigenvalue weighted by Gasteiger charge is 2.48. The van der Waals surface area contributed by atoms with Crippen LogP contribution in [0.4, 0.5) is 5.82 Å². The standard InChI is InChI=1S/C19H30N4O3S.2ClH/c1-27(25,26)19(8-10-20-11-9-19)18(24)22-15-16-6-7-17(21-14-16)23-12-4-2-3-5-13-23;;/h6-7,14,20H,2-5,8-13,15H2,1H3,(H,22,24);2*1H. The number of sulfone groups is 1. The first kappa shape index (κ1) is 25.9. The van der Waals surface area contributed by atoms with Gasteiger partial charge in [-0.25, -0.2) is 13.4 Å². The number of carbonyl (C=O) groups is 1. The monoisotopic (exact) mass is 466 g/mol. The first-order valence-corrected chi connectivity index (χ1v) is 11.7. The predicted molar refractivity (Wildman–Crippen MR) is 121 cm³/mol. The highest BCUT2D eigenvalue weighted by Crippen LogP contribution is 2.28. The Kier molecular flexibility index (Phi) is 10.1. The number of carbonyl (C=O) groups excluding carboxylic acids is 1. The fourth-order valence-electron chi connectivity index (χ4n) is 3.95. The fourth-order valence-corrected chi connectivity index (χ4v) is 5.30. The number of halogens is 2. The second kappa shape index (κ2) is 11.3. The van der Waals surface area contributed by atoms with Gasteiger partial charge in [0.1, 0.15) is 5.82 Å². The molecule has 3 rings (SSSR count). The molecule has 0 unspecified atom stereocenters. The van der Waals surface area contributed by atoms with Gasteiger partial charge in [-0.1, -0.05) is 18.9 Å². The fraction of sp³-hybridized carbons (Fsp3) is 0.684. The van der Waals surface area contributed by atoms with Crippen LogP contribution >= 0.6 is 24.8 Å². The van der Waals surface area contributed by atoms with Crippen molar-refractivity contribution < 1.29 is 13.2 Å². The summed E-state index contributed by atoms with van der Waals surface area (Å²) in [5.74, 6) is 0.570. The van der Waals surface area contributed by atoms with Gasteiger partial charge >= 0.3 is 0 Å². The molecule has 2 N–H and O–H groups in total. The number of nitrogens with zero attached hydrogens (tertiary/aromatic N) is 2. The Morgan fingerprint density at radius 1 is 1.14 bits per heavy atom. The molecule has 7 nitrogen and oxygen atoms in total. The molecule has 0 aliphatic carbocycles. The SMILES string of the molecule is CS(=O)(=O)C1(C(=O)NCc2ccc(N3CCCCCC3)nc2)CCNCC1.Cl.Cl. The minimum absolute atomic E-state index is 0. The van der Waals surface area contributed by atoms with Crippen molar-refractivity contribution in [2.45, 2.75) is 49.8 Å². The van der Waals surface area contributed by atoms with E-state index in [9.17, 15) is 13.2 Å². The third-order valence-electron chi connectivity index (χ3n) is 5.73. The topological polar surface area (TPSA) is 91.4 Å². The average molecular weight is 467 g/mol. The third-order valence-corrected chi connectivity index (χ3v) is 7.74. The van der Waals surface area contributed by atoms with E-state index in [4.69, 9.17) is 0 Å². The minimum atomic E-state index is -3.49. The minimum Gasteiger partial charge on any atom is -0.357 e. The van der Waals surface area contributed by atoms with Crippen molar-refractivity contribution >= 4 is 46.4 Å². The van der Waals surface area contributed by atoms with Gasteiger partial charge in [0.15, 0.2) is 14.6 Å². The van der Waals surface area contributed by atoms with E-state index >= 15 is 0 Å². The van der Waals surface area contributed by atoms with Crippen LogP contribution in [0, 0.1) is 0 Å². The summed E-state index contributed by atoms with van der Waals surface area (Å²) in [5, 5.41) is 5.95. The van der Waals surface area contributed by atoms with E-state index in [1.54, 1.807) is 6.20 Å². The Hall–Kier alpha value is -1.09. The lowest BCUT2D eigenvalue weighted by molar-refractivity contribution is -0.124. The van der Waals surface area contributed by atoms with E-state index in [-0.39, 0.29) is 31.4 Å². The van der Waals surface area contributed by atoms with Gasteiger partial charge < -0.3 is 15.5 Å². The summed E-state index contributed by atoms with van der Waals surface area (Å²) in [7, 11) is -3.49. The second-order valence-electron chi connectivity index (χ2n) is 7.63. The molecule has 2 saturated heterocycles. The molecular formula is C19H32Cl2N4O3S. The van der Waals surface area contributed by atoms with Crippen LogP contribution < -0.4 is 15.5 Å². The lowest BCUT2D eigenvalue weighted by Gasteiger charge is -2.34. The Balaban J connectivity index is 0.00000210. The molecule has 2 aliphatic heterocycles. The van der Waals surface area contributed by atoms with Gasteiger partial charge in [-0.2, -0.15) is 0 Å². The van der Waals surface area contributed by atoms with Crippen molar-refractivity contribution in [1.29, 1.82) is 0 Å². The molecule has 0 radical (unpaired) electrons. The summed E-state index contributed by atoms with van der Waals surface area (Å²) in [5.41, 5.74) is 0.875. The number of amides is 1.